The molecule has 0 amide bonds. The Hall–Kier alpha value is -1.82. The molecule has 0 saturated carbocycles. The zero-order valence-electron chi connectivity index (χ0n) is 13.6. The molecular weight excluding hydrogens is 308 g/mol. The summed E-state index contributed by atoms with van der Waals surface area (Å²) in [5.74, 6) is -0.261. The van der Waals surface area contributed by atoms with Gasteiger partial charge >= 0.3 is 0 Å². The molecular formula is C19H22O5. The summed E-state index contributed by atoms with van der Waals surface area (Å²) in [4.78, 5) is 23.4. The number of carbonyl (C=O) groups is 2. The monoisotopic (exact) mass is 330 g/mol. The molecule has 3 rings (SSSR count). The van der Waals surface area contributed by atoms with Crippen molar-refractivity contribution in [2.75, 3.05) is 39.6 Å². The van der Waals surface area contributed by atoms with Crippen LogP contribution in [0.1, 0.15) is 0 Å². The Balaban J connectivity index is 1.40. The molecule has 0 aromatic rings. The first-order valence-corrected chi connectivity index (χ1v) is 8.19. The molecule has 3 aliphatic rings. The van der Waals surface area contributed by atoms with Gasteiger partial charge in [-0.15, -0.1) is 0 Å². The van der Waals surface area contributed by atoms with Gasteiger partial charge in [0.25, 0.3) is 0 Å². The molecule has 0 N–H and O–H groups in total. The quantitative estimate of drug-likeness (QED) is 0.677. The highest BCUT2D eigenvalue weighted by molar-refractivity contribution is 5.94. The third-order valence-electron chi connectivity index (χ3n) is 4.39. The third kappa shape index (κ3) is 4.17. The average Bonchev–Trinajstić information content (AvgIpc) is 2.55. The van der Waals surface area contributed by atoms with Crippen LogP contribution in [0.25, 0.3) is 0 Å². The molecule has 0 aromatic carbocycles. The van der Waals surface area contributed by atoms with Crippen molar-refractivity contribution in [1.82, 2.24) is 0 Å². The van der Waals surface area contributed by atoms with Crippen LogP contribution in [0.4, 0.5) is 0 Å². The van der Waals surface area contributed by atoms with Gasteiger partial charge in [0, 0.05) is 0 Å². The highest BCUT2D eigenvalue weighted by Crippen LogP contribution is 2.29. The summed E-state index contributed by atoms with van der Waals surface area (Å²) >= 11 is 0. The molecule has 2 atom stereocenters. The Bertz CT molecular complexity index is 547. The lowest BCUT2D eigenvalue weighted by atomic mass is 9.88. The Labute approximate surface area is 141 Å². The summed E-state index contributed by atoms with van der Waals surface area (Å²) in [7, 11) is 0. The van der Waals surface area contributed by atoms with Crippen LogP contribution in [0.15, 0.2) is 48.6 Å². The molecule has 0 bridgehead atoms. The van der Waals surface area contributed by atoms with Crippen LogP contribution in [-0.4, -0.2) is 51.2 Å². The lowest BCUT2D eigenvalue weighted by Crippen LogP contribution is -2.50. The summed E-state index contributed by atoms with van der Waals surface area (Å²) in [6, 6.07) is 0. The van der Waals surface area contributed by atoms with E-state index >= 15 is 0 Å². The highest BCUT2D eigenvalue weighted by Gasteiger charge is 2.40. The Morgan fingerprint density at radius 3 is 1.75 bits per heavy atom. The zero-order chi connectivity index (χ0) is 16.8. The number of carbonyl (C=O) groups excluding carboxylic acids is 2. The van der Waals surface area contributed by atoms with Gasteiger partial charge in [0.2, 0.25) is 0 Å². The minimum Gasteiger partial charge on any atom is -0.380 e. The number of ether oxygens (including phenoxy) is 3. The van der Waals surface area contributed by atoms with Gasteiger partial charge in [-0.05, 0) is 12.2 Å². The first kappa shape index (κ1) is 17.0. The maximum atomic E-state index is 11.7. The van der Waals surface area contributed by atoms with Crippen molar-refractivity contribution in [3.63, 3.8) is 0 Å². The van der Waals surface area contributed by atoms with Gasteiger partial charge in [-0.2, -0.15) is 0 Å². The van der Waals surface area contributed by atoms with E-state index in [1.807, 2.05) is 24.3 Å². The molecule has 0 radical (unpaired) electrons. The Morgan fingerprint density at radius 1 is 0.875 bits per heavy atom. The molecule has 2 aliphatic carbocycles. The second kappa shape index (κ2) is 7.83. The van der Waals surface area contributed by atoms with Crippen LogP contribution in [0, 0.1) is 17.3 Å². The van der Waals surface area contributed by atoms with Crippen LogP contribution in [0.5, 0.6) is 0 Å². The van der Waals surface area contributed by atoms with E-state index in [0.717, 1.165) is 0 Å². The molecule has 1 aliphatic heterocycles. The molecule has 5 nitrogen and oxygen atoms in total. The van der Waals surface area contributed by atoms with Gasteiger partial charge in [0.1, 0.15) is 0 Å². The molecule has 5 heteroatoms. The summed E-state index contributed by atoms with van der Waals surface area (Å²) < 4.78 is 16.8. The van der Waals surface area contributed by atoms with Crippen molar-refractivity contribution in [3.8, 4) is 0 Å². The van der Waals surface area contributed by atoms with E-state index < -0.39 is 0 Å². The number of hydrogen-bond acceptors (Lipinski definition) is 5. The van der Waals surface area contributed by atoms with Gasteiger partial charge in [-0.25, -0.2) is 0 Å². The van der Waals surface area contributed by atoms with E-state index in [2.05, 4.69) is 0 Å². The Morgan fingerprint density at radius 2 is 1.38 bits per heavy atom. The largest absolute Gasteiger partial charge is 0.380 e. The van der Waals surface area contributed by atoms with E-state index in [-0.39, 0.29) is 28.8 Å². The lowest BCUT2D eigenvalue weighted by Gasteiger charge is -2.41. The molecule has 0 spiro atoms. The second-order valence-corrected chi connectivity index (χ2v) is 6.53. The Kier molecular flexibility index (Phi) is 5.56. The van der Waals surface area contributed by atoms with E-state index in [1.54, 1.807) is 24.3 Å². The fourth-order valence-electron chi connectivity index (χ4n) is 2.81. The summed E-state index contributed by atoms with van der Waals surface area (Å²) in [5.41, 5.74) is -0.172. The fourth-order valence-corrected chi connectivity index (χ4v) is 2.81. The summed E-state index contributed by atoms with van der Waals surface area (Å²) in [5, 5.41) is 0. The topological polar surface area (TPSA) is 61.8 Å². The van der Waals surface area contributed by atoms with Crippen molar-refractivity contribution < 1.29 is 23.8 Å². The predicted molar refractivity (Wildman–Crippen MR) is 88.4 cm³/mol. The van der Waals surface area contributed by atoms with Crippen molar-refractivity contribution in [3.05, 3.63) is 48.6 Å². The van der Waals surface area contributed by atoms with Crippen molar-refractivity contribution in [2.24, 2.45) is 17.3 Å². The number of hydrogen-bond donors (Lipinski definition) is 0. The van der Waals surface area contributed by atoms with Gasteiger partial charge < -0.3 is 14.2 Å². The molecule has 1 fully saturated rings. The lowest BCUT2D eigenvalue weighted by molar-refractivity contribution is -0.180. The zero-order valence-corrected chi connectivity index (χ0v) is 13.6. The third-order valence-corrected chi connectivity index (χ3v) is 4.39. The van der Waals surface area contributed by atoms with Gasteiger partial charge in [-0.3, -0.25) is 9.59 Å². The maximum Gasteiger partial charge on any atom is 0.164 e. The first-order valence-electron chi connectivity index (χ1n) is 8.19. The van der Waals surface area contributed by atoms with E-state index in [9.17, 15) is 9.59 Å². The number of rotatable bonds is 8. The predicted octanol–water partition coefficient (Wildman–Crippen LogP) is 1.66. The number of ketones is 2. The van der Waals surface area contributed by atoms with Crippen LogP contribution >= 0.6 is 0 Å². The van der Waals surface area contributed by atoms with Crippen LogP contribution < -0.4 is 0 Å². The standard InChI is InChI=1S/C19H22O5/c20-17-7-3-1-5-15(17)9-22-11-19(13-24-14-19)12-23-10-16-6-2-4-8-18(16)21/h1-8,15-16H,9-14H2. The molecule has 2 unspecified atom stereocenters. The summed E-state index contributed by atoms with van der Waals surface area (Å²) in [6.45, 7) is 2.88. The summed E-state index contributed by atoms with van der Waals surface area (Å²) in [6.07, 6.45) is 14.1. The smallest absolute Gasteiger partial charge is 0.164 e. The maximum absolute atomic E-state index is 11.7. The van der Waals surface area contributed by atoms with Crippen LogP contribution in [0.2, 0.25) is 0 Å². The molecule has 24 heavy (non-hydrogen) atoms. The van der Waals surface area contributed by atoms with E-state index in [0.29, 0.717) is 39.6 Å². The average molecular weight is 330 g/mol. The van der Waals surface area contributed by atoms with Crippen LogP contribution in [-0.2, 0) is 23.8 Å². The van der Waals surface area contributed by atoms with Gasteiger partial charge in [0.15, 0.2) is 11.6 Å². The molecule has 1 heterocycles. The fraction of sp³-hybridized carbons (Fsp3) is 0.474. The van der Waals surface area contributed by atoms with Crippen molar-refractivity contribution >= 4 is 11.6 Å². The van der Waals surface area contributed by atoms with Gasteiger partial charge in [-0.1, -0.05) is 36.5 Å². The normalized spacial score (nSPS) is 27.5. The minimum absolute atomic E-state index is 0.0725. The molecule has 0 aromatic heterocycles. The molecule has 128 valence electrons. The van der Waals surface area contributed by atoms with Gasteiger partial charge in [0.05, 0.1) is 56.9 Å². The highest BCUT2D eigenvalue weighted by atomic mass is 16.5. The second-order valence-electron chi connectivity index (χ2n) is 6.53. The van der Waals surface area contributed by atoms with Crippen LogP contribution in [0.3, 0.4) is 0 Å². The van der Waals surface area contributed by atoms with Crippen molar-refractivity contribution in [1.29, 1.82) is 0 Å². The van der Waals surface area contributed by atoms with E-state index in [4.69, 9.17) is 14.2 Å². The molecule has 1 saturated heterocycles. The minimum atomic E-state index is -0.203. The van der Waals surface area contributed by atoms with E-state index in [1.165, 1.54) is 0 Å². The first-order chi connectivity index (χ1) is 11.7. The number of allylic oxidation sites excluding steroid dienone is 6. The SMILES string of the molecule is O=C1C=CC=CC1COCC1(COCC2C=CC=CC2=O)COC1. The van der Waals surface area contributed by atoms with Crippen molar-refractivity contribution in [2.45, 2.75) is 0 Å².